The highest BCUT2D eigenvalue weighted by Gasteiger charge is 2.51. The summed E-state index contributed by atoms with van der Waals surface area (Å²) in [4.78, 5) is 0. The van der Waals surface area contributed by atoms with E-state index in [1.54, 1.807) is 0 Å². The fourth-order valence-corrected chi connectivity index (χ4v) is 7.17. The normalized spacial score (nSPS) is 38.8. The molecule has 1 nitrogen and oxygen atoms in total. The topological polar surface area (TPSA) is 20.2 Å². The van der Waals surface area contributed by atoms with E-state index < -0.39 is 0 Å². The fraction of sp³-hybridized carbons (Fsp3) is 0.852. The van der Waals surface area contributed by atoms with Crippen LogP contribution in [0.25, 0.3) is 0 Å². The molecule has 0 aliphatic heterocycles. The molecule has 0 spiro atoms. The highest BCUT2D eigenvalue weighted by Crippen LogP contribution is 2.60. The molecule has 160 valence electrons. The van der Waals surface area contributed by atoms with Crippen LogP contribution in [0.4, 0.5) is 0 Å². The Labute approximate surface area is 175 Å². The van der Waals surface area contributed by atoms with Crippen molar-refractivity contribution in [3.05, 3.63) is 23.8 Å². The minimum Gasteiger partial charge on any atom is -0.393 e. The summed E-state index contributed by atoms with van der Waals surface area (Å²) in [6.45, 7) is 14.2. The summed E-state index contributed by atoms with van der Waals surface area (Å²) in [7, 11) is 0. The molecular weight excluding hydrogens is 340 g/mol. The summed E-state index contributed by atoms with van der Waals surface area (Å²) >= 11 is 0. The second kappa shape index (κ2) is 9.50. The maximum absolute atomic E-state index is 10.0. The molecule has 0 heterocycles. The van der Waals surface area contributed by atoms with E-state index in [1.165, 1.54) is 68.9 Å². The van der Waals surface area contributed by atoms with Crippen molar-refractivity contribution in [3.8, 4) is 0 Å². The van der Waals surface area contributed by atoms with Gasteiger partial charge in [0.15, 0.2) is 0 Å². The van der Waals surface area contributed by atoms with Gasteiger partial charge in [0.05, 0.1) is 6.10 Å². The Kier molecular flexibility index (Phi) is 7.51. The first-order valence-corrected chi connectivity index (χ1v) is 12.4. The molecule has 0 radical (unpaired) electrons. The Hall–Kier alpha value is -0.560. The monoisotopic (exact) mass is 386 g/mol. The van der Waals surface area contributed by atoms with E-state index in [4.69, 9.17) is 0 Å². The number of fused-ring (bicyclic) bond motifs is 1. The molecule has 5 unspecified atom stereocenters. The van der Waals surface area contributed by atoms with E-state index >= 15 is 0 Å². The molecule has 3 saturated carbocycles. The van der Waals surface area contributed by atoms with Crippen LogP contribution in [0, 0.1) is 35.0 Å². The van der Waals surface area contributed by atoms with Crippen LogP contribution in [0.1, 0.15) is 105 Å². The molecule has 0 aromatic rings. The zero-order valence-corrected chi connectivity index (χ0v) is 19.2. The van der Waals surface area contributed by atoms with Crippen LogP contribution in [-0.2, 0) is 0 Å². The summed E-state index contributed by atoms with van der Waals surface area (Å²) < 4.78 is 0. The van der Waals surface area contributed by atoms with Crippen molar-refractivity contribution in [2.45, 2.75) is 111 Å². The Balaban J connectivity index is 1.62. The lowest BCUT2D eigenvalue weighted by Crippen LogP contribution is -2.39. The van der Waals surface area contributed by atoms with Gasteiger partial charge in [-0.1, -0.05) is 71.6 Å². The summed E-state index contributed by atoms with van der Waals surface area (Å²) in [6.07, 6.45) is 17.7. The van der Waals surface area contributed by atoms with Gasteiger partial charge in [0.2, 0.25) is 0 Å². The molecule has 0 bridgehead atoms. The van der Waals surface area contributed by atoms with Crippen LogP contribution < -0.4 is 0 Å². The van der Waals surface area contributed by atoms with Gasteiger partial charge < -0.3 is 5.11 Å². The van der Waals surface area contributed by atoms with E-state index in [2.05, 4.69) is 40.3 Å². The van der Waals surface area contributed by atoms with Crippen molar-refractivity contribution < 1.29 is 5.11 Å². The summed E-state index contributed by atoms with van der Waals surface area (Å²) in [5.74, 6) is 4.44. The Morgan fingerprint density at radius 1 is 1.14 bits per heavy atom. The van der Waals surface area contributed by atoms with Crippen LogP contribution in [0.2, 0.25) is 0 Å². The molecule has 0 saturated heterocycles. The number of aliphatic hydroxyl groups is 1. The fourth-order valence-electron chi connectivity index (χ4n) is 7.17. The number of aliphatic hydroxyl groups excluding tert-OH is 1. The van der Waals surface area contributed by atoms with Gasteiger partial charge in [-0.15, -0.1) is 0 Å². The maximum atomic E-state index is 10.0. The Morgan fingerprint density at radius 3 is 2.68 bits per heavy atom. The third-order valence-corrected chi connectivity index (χ3v) is 8.83. The summed E-state index contributed by atoms with van der Waals surface area (Å²) in [6, 6.07) is 0. The van der Waals surface area contributed by atoms with Gasteiger partial charge in [-0.3, -0.25) is 0 Å². The quantitative estimate of drug-likeness (QED) is 0.475. The lowest BCUT2D eigenvalue weighted by Gasteiger charge is -2.47. The minimum atomic E-state index is -0.143. The Bertz CT molecular complexity index is 559. The SMILES string of the molecule is C=C1CCC(O)C/C1=C/CC1CCCC2(C)C1CCC2[C@H](C)CCCC(C)C. The van der Waals surface area contributed by atoms with E-state index in [0.717, 1.165) is 48.9 Å². The number of allylic oxidation sites excluding steroid dienone is 2. The number of hydrogen-bond acceptors (Lipinski definition) is 1. The number of rotatable bonds is 7. The van der Waals surface area contributed by atoms with Gasteiger partial charge in [0, 0.05) is 0 Å². The molecular formula is C27H46O. The summed E-state index contributed by atoms with van der Waals surface area (Å²) in [5, 5.41) is 10.0. The highest BCUT2D eigenvalue weighted by molar-refractivity contribution is 5.31. The van der Waals surface area contributed by atoms with Crippen molar-refractivity contribution in [2.75, 3.05) is 0 Å². The van der Waals surface area contributed by atoms with E-state index in [9.17, 15) is 5.11 Å². The molecule has 0 aromatic heterocycles. The second-order valence-corrected chi connectivity index (χ2v) is 11.2. The lowest BCUT2D eigenvalue weighted by atomic mass is 9.58. The molecule has 6 atom stereocenters. The first-order valence-electron chi connectivity index (χ1n) is 12.4. The standard InChI is InChI=1S/C27H46O/c1-19(2)8-6-9-21(4)25-15-16-26-22(10-7-17-27(25,26)5)12-13-23-18-24(28)14-11-20(23)3/h13,19,21-22,24-26,28H,3,6-12,14-18H2,1-2,4-5H3/b23-13-/t21-,22?,24?,25?,26?,27?/m1/s1. The van der Waals surface area contributed by atoms with Crippen molar-refractivity contribution in [2.24, 2.45) is 35.0 Å². The molecule has 1 N–H and O–H groups in total. The van der Waals surface area contributed by atoms with Crippen molar-refractivity contribution >= 4 is 0 Å². The molecule has 3 aliphatic rings. The number of hydrogen-bond donors (Lipinski definition) is 1. The lowest BCUT2D eigenvalue weighted by molar-refractivity contribution is 0.0292. The van der Waals surface area contributed by atoms with Crippen molar-refractivity contribution in [3.63, 3.8) is 0 Å². The first-order chi connectivity index (χ1) is 13.3. The van der Waals surface area contributed by atoms with Gasteiger partial charge in [-0.2, -0.15) is 0 Å². The van der Waals surface area contributed by atoms with E-state index in [-0.39, 0.29) is 6.10 Å². The Morgan fingerprint density at radius 2 is 1.93 bits per heavy atom. The molecule has 0 amide bonds. The first kappa shape index (κ1) is 22.1. The van der Waals surface area contributed by atoms with Gasteiger partial charge in [0.1, 0.15) is 0 Å². The smallest absolute Gasteiger partial charge is 0.0583 e. The zero-order valence-electron chi connectivity index (χ0n) is 19.2. The van der Waals surface area contributed by atoms with Crippen LogP contribution in [0.15, 0.2) is 23.8 Å². The maximum Gasteiger partial charge on any atom is 0.0583 e. The zero-order chi connectivity index (χ0) is 20.3. The average Bonchev–Trinajstić information content (AvgIpc) is 2.99. The average molecular weight is 387 g/mol. The predicted molar refractivity (Wildman–Crippen MR) is 121 cm³/mol. The van der Waals surface area contributed by atoms with Gasteiger partial charge in [0.25, 0.3) is 0 Å². The molecule has 3 rings (SSSR count). The predicted octanol–water partition coefficient (Wildman–Crippen LogP) is 7.70. The highest BCUT2D eigenvalue weighted by atomic mass is 16.3. The molecule has 3 fully saturated rings. The van der Waals surface area contributed by atoms with E-state index in [1.807, 2.05) is 0 Å². The minimum absolute atomic E-state index is 0.143. The third-order valence-electron chi connectivity index (χ3n) is 8.83. The van der Waals surface area contributed by atoms with Crippen LogP contribution in [-0.4, -0.2) is 11.2 Å². The van der Waals surface area contributed by atoms with Crippen LogP contribution in [0.5, 0.6) is 0 Å². The second-order valence-electron chi connectivity index (χ2n) is 11.2. The van der Waals surface area contributed by atoms with E-state index in [0.29, 0.717) is 5.41 Å². The third kappa shape index (κ3) is 4.94. The summed E-state index contributed by atoms with van der Waals surface area (Å²) in [5.41, 5.74) is 3.22. The van der Waals surface area contributed by atoms with Crippen molar-refractivity contribution in [1.29, 1.82) is 0 Å². The molecule has 1 heteroatoms. The van der Waals surface area contributed by atoms with Crippen LogP contribution >= 0.6 is 0 Å². The van der Waals surface area contributed by atoms with Gasteiger partial charge in [-0.25, -0.2) is 0 Å². The van der Waals surface area contributed by atoms with Gasteiger partial charge >= 0.3 is 0 Å². The van der Waals surface area contributed by atoms with Crippen LogP contribution in [0.3, 0.4) is 0 Å². The molecule has 3 aliphatic carbocycles. The van der Waals surface area contributed by atoms with Crippen molar-refractivity contribution in [1.82, 2.24) is 0 Å². The molecule has 28 heavy (non-hydrogen) atoms. The molecule has 0 aromatic carbocycles. The largest absolute Gasteiger partial charge is 0.393 e. The van der Waals surface area contributed by atoms with Gasteiger partial charge in [-0.05, 0) is 91.9 Å².